The van der Waals surface area contributed by atoms with Crippen LogP contribution in [0.25, 0.3) is 11.3 Å². The maximum Gasteiger partial charge on any atom is 0.274 e. The molecule has 8 heteroatoms. The first kappa shape index (κ1) is 18.9. The van der Waals surface area contributed by atoms with E-state index in [0.717, 1.165) is 16.7 Å². The molecule has 0 fully saturated rings. The van der Waals surface area contributed by atoms with Crippen molar-refractivity contribution in [2.45, 2.75) is 13.5 Å². The normalized spacial score (nSPS) is 10.9. The van der Waals surface area contributed by atoms with Crippen molar-refractivity contribution in [3.05, 3.63) is 88.5 Å². The number of carbonyl (C=O) groups excluding carboxylic acids is 1. The number of halogens is 2. The molecule has 4 rings (SSSR count). The lowest BCUT2D eigenvalue weighted by molar-refractivity contribution is 0.102. The van der Waals surface area contributed by atoms with Crippen molar-refractivity contribution in [3.8, 4) is 11.3 Å². The van der Waals surface area contributed by atoms with E-state index in [1.165, 1.54) is 12.1 Å². The second-order valence-electron chi connectivity index (χ2n) is 6.62. The molecule has 4 aromatic rings. The van der Waals surface area contributed by atoms with E-state index >= 15 is 0 Å². The van der Waals surface area contributed by atoms with Crippen molar-refractivity contribution in [1.29, 1.82) is 0 Å². The second kappa shape index (κ2) is 7.89. The summed E-state index contributed by atoms with van der Waals surface area (Å²) in [4.78, 5) is 12.5. The Balaban J connectivity index is 1.43. The van der Waals surface area contributed by atoms with Crippen LogP contribution in [0.1, 0.15) is 21.6 Å². The van der Waals surface area contributed by atoms with Crippen LogP contribution in [0.2, 0.25) is 5.02 Å². The van der Waals surface area contributed by atoms with Gasteiger partial charge in [0.2, 0.25) is 0 Å². The van der Waals surface area contributed by atoms with E-state index in [4.69, 9.17) is 11.6 Å². The van der Waals surface area contributed by atoms with Crippen molar-refractivity contribution in [2.75, 3.05) is 5.32 Å². The van der Waals surface area contributed by atoms with Crippen LogP contribution in [0.3, 0.4) is 0 Å². The fourth-order valence-electron chi connectivity index (χ4n) is 2.83. The number of rotatable bonds is 5. The molecule has 0 spiro atoms. The van der Waals surface area contributed by atoms with Gasteiger partial charge in [0.1, 0.15) is 11.5 Å². The summed E-state index contributed by atoms with van der Waals surface area (Å²) in [6.45, 7) is 2.37. The highest BCUT2D eigenvalue weighted by atomic mass is 35.5. The molecule has 1 amide bonds. The average Bonchev–Trinajstić information content (AvgIpc) is 3.34. The highest BCUT2D eigenvalue weighted by Gasteiger charge is 2.13. The Kier molecular flexibility index (Phi) is 5.14. The van der Waals surface area contributed by atoms with Crippen LogP contribution in [-0.4, -0.2) is 25.9 Å². The Bertz CT molecular complexity index is 1170. The predicted molar refractivity (Wildman–Crippen MR) is 109 cm³/mol. The van der Waals surface area contributed by atoms with E-state index in [-0.39, 0.29) is 5.91 Å². The van der Waals surface area contributed by atoms with Crippen LogP contribution in [0.15, 0.2) is 60.8 Å². The summed E-state index contributed by atoms with van der Waals surface area (Å²) in [7, 11) is 0. The number of carbonyl (C=O) groups is 1. The number of nitrogens with zero attached hydrogens (tertiary/aromatic N) is 3. The van der Waals surface area contributed by atoms with E-state index in [0.29, 0.717) is 28.8 Å². The molecule has 2 N–H and O–H groups in total. The van der Waals surface area contributed by atoms with Crippen molar-refractivity contribution < 1.29 is 9.18 Å². The third-order valence-corrected chi connectivity index (χ3v) is 4.75. The first-order valence-electron chi connectivity index (χ1n) is 8.89. The monoisotopic (exact) mass is 409 g/mol. The lowest BCUT2D eigenvalue weighted by atomic mass is 10.1. The van der Waals surface area contributed by atoms with Crippen LogP contribution in [0, 0.1) is 12.7 Å². The summed E-state index contributed by atoms with van der Waals surface area (Å²) < 4.78 is 14.8. The molecule has 29 heavy (non-hydrogen) atoms. The van der Waals surface area contributed by atoms with E-state index in [2.05, 4.69) is 20.6 Å². The third kappa shape index (κ3) is 4.35. The summed E-state index contributed by atoms with van der Waals surface area (Å²) in [5, 5.41) is 14.3. The van der Waals surface area contributed by atoms with E-state index in [1.807, 2.05) is 31.2 Å². The van der Waals surface area contributed by atoms with Crippen LogP contribution >= 0.6 is 11.6 Å². The molecule has 146 valence electrons. The summed E-state index contributed by atoms with van der Waals surface area (Å²) in [6.07, 6.45) is 1.71. The van der Waals surface area contributed by atoms with Crippen LogP contribution in [0.4, 0.5) is 10.2 Å². The molecule has 0 saturated carbocycles. The van der Waals surface area contributed by atoms with Crippen molar-refractivity contribution in [1.82, 2.24) is 20.0 Å². The molecule has 0 unspecified atom stereocenters. The molecule has 0 aliphatic carbocycles. The summed E-state index contributed by atoms with van der Waals surface area (Å²) >= 11 is 6.05. The van der Waals surface area contributed by atoms with Gasteiger partial charge in [-0.15, -0.1) is 0 Å². The summed E-state index contributed by atoms with van der Waals surface area (Å²) in [6, 6.07) is 15.5. The van der Waals surface area contributed by atoms with Gasteiger partial charge in [0.25, 0.3) is 5.91 Å². The number of aryl methyl sites for hydroxylation is 1. The number of hydrogen-bond donors (Lipinski definition) is 2. The molecule has 0 bridgehead atoms. The minimum Gasteiger partial charge on any atom is -0.304 e. The van der Waals surface area contributed by atoms with Gasteiger partial charge in [-0.2, -0.15) is 10.2 Å². The number of aromatic amines is 1. The molecule has 2 heterocycles. The van der Waals surface area contributed by atoms with Gasteiger partial charge in [-0.1, -0.05) is 47.5 Å². The first-order valence-corrected chi connectivity index (χ1v) is 9.27. The first-order chi connectivity index (χ1) is 14.0. The maximum absolute atomic E-state index is 13.2. The van der Waals surface area contributed by atoms with Gasteiger partial charge in [-0.3, -0.25) is 14.6 Å². The highest BCUT2D eigenvalue weighted by molar-refractivity contribution is 6.31. The minimum absolute atomic E-state index is 0.326. The average molecular weight is 410 g/mol. The number of nitrogens with one attached hydrogen (secondary N) is 2. The lowest BCUT2D eigenvalue weighted by Crippen LogP contribution is -2.13. The van der Waals surface area contributed by atoms with E-state index in [1.54, 1.807) is 29.1 Å². The fraction of sp³-hybridized carbons (Fsp3) is 0.0952. The largest absolute Gasteiger partial charge is 0.304 e. The van der Waals surface area contributed by atoms with Crippen LogP contribution in [0.5, 0.6) is 0 Å². The molecule has 2 aromatic heterocycles. The van der Waals surface area contributed by atoms with Gasteiger partial charge < -0.3 is 5.32 Å². The number of benzene rings is 2. The Hall–Kier alpha value is -3.45. The topological polar surface area (TPSA) is 75.6 Å². The zero-order chi connectivity index (χ0) is 20.4. The molecule has 6 nitrogen and oxygen atoms in total. The third-order valence-electron chi connectivity index (χ3n) is 4.40. The number of aromatic nitrogens is 4. The Morgan fingerprint density at radius 1 is 1.17 bits per heavy atom. The van der Waals surface area contributed by atoms with Gasteiger partial charge in [-0.25, -0.2) is 4.39 Å². The number of anilines is 1. The Labute approximate surface area is 171 Å². The van der Waals surface area contributed by atoms with Crippen LogP contribution in [-0.2, 0) is 6.54 Å². The molecular weight excluding hydrogens is 393 g/mol. The van der Waals surface area contributed by atoms with Crippen molar-refractivity contribution in [2.24, 2.45) is 0 Å². The lowest BCUT2D eigenvalue weighted by Gasteiger charge is -2.05. The number of amides is 1. The molecule has 0 atom stereocenters. The fourth-order valence-corrected chi connectivity index (χ4v) is 3.06. The molecular formula is C21H17ClFN5O. The Morgan fingerprint density at radius 3 is 2.72 bits per heavy atom. The second-order valence-corrected chi connectivity index (χ2v) is 7.03. The van der Waals surface area contributed by atoms with Gasteiger partial charge in [0, 0.05) is 22.8 Å². The van der Waals surface area contributed by atoms with Crippen molar-refractivity contribution in [3.63, 3.8) is 0 Å². The zero-order valence-electron chi connectivity index (χ0n) is 15.5. The van der Waals surface area contributed by atoms with Gasteiger partial charge in [0.05, 0.1) is 12.2 Å². The number of hydrogen-bond acceptors (Lipinski definition) is 3. The number of H-pyrrole nitrogens is 1. The highest BCUT2D eigenvalue weighted by Crippen LogP contribution is 2.20. The predicted octanol–water partition coefficient (Wildman–Crippen LogP) is 4.67. The quantitative estimate of drug-likeness (QED) is 0.502. The smallest absolute Gasteiger partial charge is 0.274 e. The summed E-state index contributed by atoms with van der Waals surface area (Å²) in [5.74, 6) is -0.350. The Morgan fingerprint density at radius 2 is 1.97 bits per heavy atom. The standard InChI is InChI=1S/C21H17ClFN5O/c1-13-2-4-14(5-3-13)18-11-19(26-25-18)21(29)24-20-8-9-28(27-20)12-15-6-7-16(23)10-17(15)22/h2-11H,12H2,1H3,(H,25,26)(H,24,27,29). The molecule has 0 aliphatic rings. The molecule has 0 aliphatic heterocycles. The minimum atomic E-state index is -0.392. The SMILES string of the molecule is Cc1ccc(-c2cc(C(=O)Nc3ccn(Cc4ccc(F)cc4Cl)n3)[nH]n2)cc1. The molecule has 0 saturated heterocycles. The van der Waals surface area contributed by atoms with Gasteiger partial charge in [-0.05, 0) is 30.7 Å². The zero-order valence-corrected chi connectivity index (χ0v) is 16.2. The van der Waals surface area contributed by atoms with Gasteiger partial charge in [0.15, 0.2) is 5.82 Å². The molecule has 0 radical (unpaired) electrons. The molecule has 2 aromatic carbocycles. The van der Waals surface area contributed by atoms with Crippen molar-refractivity contribution >= 4 is 23.3 Å². The van der Waals surface area contributed by atoms with E-state index < -0.39 is 5.82 Å². The van der Waals surface area contributed by atoms with E-state index in [9.17, 15) is 9.18 Å². The van der Waals surface area contributed by atoms with Gasteiger partial charge >= 0.3 is 0 Å². The van der Waals surface area contributed by atoms with Crippen LogP contribution < -0.4 is 5.32 Å². The summed E-state index contributed by atoms with van der Waals surface area (Å²) in [5.41, 5.74) is 3.82. The maximum atomic E-state index is 13.2.